The monoisotopic (exact) mass is 322 g/mol. The van der Waals surface area contributed by atoms with Gasteiger partial charge >= 0.3 is 0 Å². The molecule has 0 aliphatic carbocycles. The van der Waals surface area contributed by atoms with E-state index in [1.54, 1.807) is 7.11 Å². The highest BCUT2D eigenvalue weighted by molar-refractivity contribution is 6.31. The molecule has 4 rings (SSSR count). The molecule has 2 aromatic heterocycles. The van der Waals surface area contributed by atoms with E-state index in [4.69, 9.17) is 21.3 Å². The topological polar surface area (TPSA) is 27.1 Å². The van der Waals surface area contributed by atoms with E-state index >= 15 is 0 Å². The van der Waals surface area contributed by atoms with E-state index in [1.165, 1.54) is 0 Å². The Morgan fingerprint density at radius 1 is 1.04 bits per heavy atom. The Hall–Kier alpha value is -2.52. The molecule has 2 aromatic carbocycles. The zero-order chi connectivity index (χ0) is 16.0. The molecular weight excluding hydrogens is 308 g/mol. The van der Waals surface area contributed by atoms with Crippen molar-refractivity contribution in [3.63, 3.8) is 0 Å². The summed E-state index contributed by atoms with van der Waals surface area (Å²) in [5.41, 5.74) is 4.13. The predicted molar refractivity (Wildman–Crippen MR) is 95.2 cm³/mol. The number of aryl methyl sites for hydroxylation is 1. The first-order chi connectivity index (χ1) is 11.2. The summed E-state index contributed by atoms with van der Waals surface area (Å²) < 4.78 is 7.47. The van der Waals surface area contributed by atoms with Crippen molar-refractivity contribution in [2.45, 2.75) is 0 Å². The lowest BCUT2D eigenvalue weighted by Gasteiger charge is -2.04. The second kappa shape index (κ2) is 5.28. The highest BCUT2D eigenvalue weighted by Gasteiger charge is 2.11. The summed E-state index contributed by atoms with van der Waals surface area (Å²) in [5.74, 6) is 0.845. The van der Waals surface area contributed by atoms with Crippen molar-refractivity contribution < 1.29 is 4.74 Å². The molecule has 0 atom stereocenters. The van der Waals surface area contributed by atoms with Crippen LogP contribution in [0.3, 0.4) is 0 Å². The molecule has 114 valence electrons. The van der Waals surface area contributed by atoms with Crippen LogP contribution in [0, 0.1) is 0 Å². The number of benzene rings is 2. The van der Waals surface area contributed by atoms with Crippen LogP contribution in [0.1, 0.15) is 0 Å². The van der Waals surface area contributed by atoms with Gasteiger partial charge in [0.05, 0.1) is 18.3 Å². The van der Waals surface area contributed by atoms with Crippen molar-refractivity contribution >= 4 is 33.4 Å². The number of fused-ring (bicyclic) bond motifs is 2. The summed E-state index contributed by atoms with van der Waals surface area (Å²) in [5, 5.41) is 2.90. The number of methoxy groups -OCH3 is 1. The molecule has 0 bridgehead atoms. The van der Waals surface area contributed by atoms with Crippen molar-refractivity contribution in [1.82, 2.24) is 9.55 Å². The number of ether oxygens (including phenoxy) is 1. The lowest BCUT2D eigenvalue weighted by atomic mass is 10.1. The van der Waals surface area contributed by atoms with E-state index in [1.807, 2.05) is 37.4 Å². The molecule has 23 heavy (non-hydrogen) atoms. The van der Waals surface area contributed by atoms with Crippen LogP contribution in [0.5, 0.6) is 5.75 Å². The Morgan fingerprint density at radius 2 is 1.91 bits per heavy atom. The largest absolute Gasteiger partial charge is 0.497 e. The second-order valence-electron chi connectivity index (χ2n) is 5.57. The number of hydrogen-bond acceptors (Lipinski definition) is 2. The number of aromatic nitrogens is 2. The summed E-state index contributed by atoms with van der Waals surface area (Å²) in [6, 6.07) is 15.9. The fourth-order valence-electron chi connectivity index (χ4n) is 2.95. The molecule has 0 aliphatic rings. The van der Waals surface area contributed by atoms with Crippen molar-refractivity contribution in [2.24, 2.45) is 7.05 Å². The van der Waals surface area contributed by atoms with Crippen LogP contribution in [0.2, 0.25) is 5.02 Å². The summed E-state index contributed by atoms with van der Waals surface area (Å²) in [7, 11) is 3.72. The fourth-order valence-corrected chi connectivity index (χ4v) is 3.13. The van der Waals surface area contributed by atoms with Gasteiger partial charge in [0.1, 0.15) is 5.75 Å². The lowest BCUT2D eigenvalue weighted by molar-refractivity contribution is 0.415. The van der Waals surface area contributed by atoms with Gasteiger partial charge in [0.25, 0.3) is 0 Å². The van der Waals surface area contributed by atoms with Gasteiger partial charge in [-0.15, -0.1) is 0 Å². The predicted octanol–water partition coefficient (Wildman–Crippen LogP) is 5.06. The van der Waals surface area contributed by atoms with Gasteiger partial charge in [-0.2, -0.15) is 0 Å². The number of halogens is 1. The molecule has 0 spiro atoms. The summed E-state index contributed by atoms with van der Waals surface area (Å²) in [4.78, 5) is 4.79. The summed E-state index contributed by atoms with van der Waals surface area (Å²) in [6.45, 7) is 0. The normalized spacial score (nSPS) is 11.3. The minimum atomic E-state index is 0.724. The Bertz CT molecular complexity index is 1040. The van der Waals surface area contributed by atoms with Crippen LogP contribution in [-0.2, 0) is 7.05 Å². The van der Waals surface area contributed by atoms with Gasteiger partial charge in [0.15, 0.2) is 0 Å². The standard InChI is InChI=1S/C19H15ClN2O/c1-22-11-16(15-10-14(23-2)5-8-19(15)22)18-6-3-12-9-13(20)4-7-17(12)21-18/h3-11H,1-2H3. The molecule has 0 saturated carbocycles. The third kappa shape index (κ3) is 2.34. The van der Waals surface area contributed by atoms with Crippen molar-refractivity contribution in [3.05, 3.63) is 59.8 Å². The first kappa shape index (κ1) is 14.1. The van der Waals surface area contributed by atoms with Gasteiger partial charge < -0.3 is 9.30 Å². The second-order valence-corrected chi connectivity index (χ2v) is 6.01. The van der Waals surface area contributed by atoms with E-state index in [2.05, 4.69) is 29.0 Å². The number of rotatable bonds is 2. The van der Waals surface area contributed by atoms with Crippen LogP contribution < -0.4 is 4.74 Å². The Balaban J connectivity index is 1.96. The maximum atomic E-state index is 6.05. The van der Waals surface area contributed by atoms with Crippen LogP contribution in [0.4, 0.5) is 0 Å². The third-order valence-electron chi connectivity index (χ3n) is 4.12. The Kier molecular flexibility index (Phi) is 3.24. The summed E-state index contributed by atoms with van der Waals surface area (Å²) >= 11 is 6.05. The first-order valence-corrected chi connectivity index (χ1v) is 7.73. The molecule has 2 heterocycles. The average molecular weight is 323 g/mol. The zero-order valence-electron chi connectivity index (χ0n) is 12.9. The minimum Gasteiger partial charge on any atom is -0.497 e. The minimum absolute atomic E-state index is 0.724. The summed E-state index contributed by atoms with van der Waals surface area (Å²) in [6.07, 6.45) is 2.11. The molecular formula is C19H15ClN2O. The molecule has 4 aromatic rings. The molecule has 0 unspecified atom stereocenters. The number of pyridine rings is 1. The van der Waals surface area contributed by atoms with Crippen LogP contribution >= 0.6 is 11.6 Å². The van der Waals surface area contributed by atoms with Gasteiger partial charge in [-0.3, -0.25) is 0 Å². The molecule has 0 aliphatic heterocycles. The maximum absolute atomic E-state index is 6.05. The van der Waals surface area contributed by atoms with Crippen molar-refractivity contribution in [1.29, 1.82) is 0 Å². The quantitative estimate of drug-likeness (QED) is 0.516. The molecule has 0 N–H and O–H groups in total. The van der Waals surface area contributed by atoms with Gasteiger partial charge in [-0.05, 0) is 42.5 Å². The molecule has 0 amide bonds. The first-order valence-electron chi connectivity index (χ1n) is 7.35. The molecule has 0 saturated heterocycles. The SMILES string of the molecule is COc1ccc2c(c1)c(-c1ccc3cc(Cl)ccc3n1)cn2C. The van der Waals surface area contributed by atoms with Gasteiger partial charge in [-0.1, -0.05) is 17.7 Å². The Labute approximate surface area is 139 Å². The molecule has 0 radical (unpaired) electrons. The number of nitrogens with zero attached hydrogens (tertiary/aromatic N) is 2. The molecule has 4 heteroatoms. The van der Waals surface area contributed by atoms with Crippen LogP contribution in [0.25, 0.3) is 33.1 Å². The highest BCUT2D eigenvalue weighted by Crippen LogP contribution is 2.32. The van der Waals surface area contributed by atoms with E-state index in [9.17, 15) is 0 Å². The van der Waals surface area contributed by atoms with E-state index in [-0.39, 0.29) is 0 Å². The molecule has 3 nitrogen and oxygen atoms in total. The average Bonchev–Trinajstić information content (AvgIpc) is 2.90. The van der Waals surface area contributed by atoms with Gasteiger partial charge in [0.2, 0.25) is 0 Å². The fraction of sp³-hybridized carbons (Fsp3) is 0.105. The third-order valence-corrected chi connectivity index (χ3v) is 4.36. The smallest absolute Gasteiger partial charge is 0.119 e. The lowest BCUT2D eigenvalue weighted by Crippen LogP contribution is -1.85. The van der Waals surface area contributed by atoms with Crippen LogP contribution in [0.15, 0.2) is 54.7 Å². The van der Waals surface area contributed by atoms with Crippen molar-refractivity contribution in [2.75, 3.05) is 7.11 Å². The van der Waals surface area contributed by atoms with Gasteiger partial charge in [-0.25, -0.2) is 4.98 Å². The highest BCUT2D eigenvalue weighted by atomic mass is 35.5. The zero-order valence-corrected chi connectivity index (χ0v) is 13.6. The molecule has 0 fully saturated rings. The maximum Gasteiger partial charge on any atom is 0.119 e. The van der Waals surface area contributed by atoms with E-state index in [0.29, 0.717) is 0 Å². The van der Waals surface area contributed by atoms with Crippen LogP contribution in [-0.4, -0.2) is 16.7 Å². The van der Waals surface area contributed by atoms with E-state index < -0.39 is 0 Å². The Morgan fingerprint density at radius 3 is 2.74 bits per heavy atom. The number of hydrogen-bond donors (Lipinski definition) is 0. The van der Waals surface area contributed by atoms with Gasteiger partial charge in [0, 0.05) is 40.1 Å². The van der Waals surface area contributed by atoms with E-state index in [0.717, 1.165) is 43.8 Å². The van der Waals surface area contributed by atoms with Crippen molar-refractivity contribution in [3.8, 4) is 17.0 Å².